The fourth-order valence-electron chi connectivity index (χ4n) is 4.89. The first-order valence-electron chi connectivity index (χ1n) is 12.0. The van der Waals surface area contributed by atoms with E-state index in [1.54, 1.807) is 7.11 Å². The smallest absolute Gasteiger partial charge is 0.429 e. The van der Waals surface area contributed by atoms with Crippen LogP contribution in [0.25, 0.3) is 0 Å². The number of rotatable bonds is 6. The van der Waals surface area contributed by atoms with Crippen LogP contribution in [0.5, 0.6) is 5.75 Å². The summed E-state index contributed by atoms with van der Waals surface area (Å²) in [6.07, 6.45) is -0.484. The minimum absolute atomic E-state index is 0.122. The summed E-state index contributed by atoms with van der Waals surface area (Å²) in [5.74, 6) is 0.746. The molecule has 2 atom stereocenters. The van der Waals surface area contributed by atoms with Gasteiger partial charge in [0.1, 0.15) is 19.0 Å². The van der Waals surface area contributed by atoms with Crippen LogP contribution in [0.4, 0.5) is 15.3 Å². The molecule has 36 heavy (non-hydrogen) atoms. The van der Waals surface area contributed by atoms with Gasteiger partial charge in [-0.3, -0.25) is 0 Å². The Labute approximate surface area is 210 Å². The lowest BCUT2D eigenvalue weighted by molar-refractivity contribution is -0.0199. The third kappa shape index (κ3) is 4.93. The Hall–Kier alpha value is -4.20. The molecule has 8 nitrogen and oxygen atoms in total. The van der Waals surface area contributed by atoms with Crippen molar-refractivity contribution in [3.8, 4) is 5.75 Å². The number of methoxy groups -OCH3 is 1. The fraction of sp³-hybridized carbons (Fsp3) is 0.286. The zero-order chi connectivity index (χ0) is 24.9. The van der Waals surface area contributed by atoms with Crippen molar-refractivity contribution in [3.63, 3.8) is 0 Å². The van der Waals surface area contributed by atoms with Gasteiger partial charge in [0.25, 0.3) is 0 Å². The van der Waals surface area contributed by atoms with Crippen molar-refractivity contribution in [2.75, 3.05) is 25.1 Å². The highest BCUT2D eigenvalue weighted by atomic mass is 16.6. The molecule has 0 radical (unpaired) electrons. The second-order valence-electron chi connectivity index (χ2n) is 8.89. The van der Waals surface area contributed by atoms with Crippen LogP contribution < -0.4 is 9.64 Å². The van der Waals surface area contributed by atoms with Gasteiger partial charge in [-0.25, -0.2) is 19.6 Å². The third-order valence-electron chi connectivity index (χ3n) is 6.54. The van der Waals surface area contributed by atoms with Gasteiger partial charge in [0, 0.05) is 13.1 Å². The Morgan fingerprint density at radius 2 is 1.19 bits per heavy atom. The van der Waals surface area contributed by atoms with Gasteiger partial charge in [0.2, 0.25) is 0 Å². The molecule has 0 aromatic heterocycles. The average Bonchev–Trinajstić information content (AvgIpc) is 3.20. The Kier molecular flexibility index (Phi) is 6.93. The second kappa shape index (κ2) is 10.6. The number of hydrazine groups is 1. The van der Waals surface area contributed by atoms with Crippen molar-refractivity contribution in [2.24, 2.45) is 0 Å². The molecule has 3 aromatic carbocycles. The quantitative estimate of drug-likeness (QED) is 0.495. The highest BCUT2D eigenvalue weighted by Gasteiger charge is 2.51. The molecule has 0 spiro atoms. The average molecular weight is 488 g/mol. The Morgan fingerprint density at radius 3 is 1.69 bits per heavy atom. The highest BCUT2D eigenvalue weighted by molar-refractivity contribution is 5.76. The van der Waals surface area contributed by atoms with Gasteiger partial charge in [-0.05, 0) is 29.7 Å². The lowest BCUT2D eigenvalue weighted by Gasteiger charge is -2.33. The molecular formula is C28H29N3O5. The SMILES string of the molecule is COc1ccccc1N1CC2CC(C1)N(C(=O)OCc1ccccc1)N2C(=O)OCc1ccccc1. The van der Waals surface area contributed by atoms with Gasteiger partial charge < -0.3 is 19.1 Å². The second-order valence-corrected chi connectivity index (χ2v) is 8.89. The number of carbonyl (C=O) groups is 2. The maximum atomic E-state index is 13.3. The minimum atomic E-state index is -0.565. The van der Waals surface area contributed by atoms with Crippen molar-refractivity contribution in [1.82, 2.24) is 10.0 Å². The Balaban J connectivity index is 1.37. The standard InChI is InChI=1S/C28H29N3O5/c1-34-26-15-9-8-14-25(26)29-17-23-16-24(18-29)31(28(33)36-20-22-12-6-3-7-13-22)30(23)27(32)35-19-21-10-4-2-5-11-21/h2-15,23-24H,16-20H2,1H3. The Morgan fingerprint density at radius 1 is 0.722 bits per heavy atom. The summed E-state index contributed by atoms with van der Waals surface area (Å²) >= 11 is 0. The molecule has 186 valence electrons. The number of ether oxygens (including phenoxy) is 3. The number of hydrogen-bond acceptors (Lipinski definition) is 6. The van der Waals surface area contributed by atoms with Gasteiger partial charge in [-0.2, -0.15) is 0 Å². The lowest BCUT2D eigenvalue weighted by atomic mass is 10.0. The van der Waals surface area contributed by atoms with Crippen LogP contribution in [0.15, 0.2) is 84.9 Å². The molecule has 2 bridgehead atoms. The van der Waals surface area contributed by atoms with E-state index in [9.17, 15) is 9.59 Å². The maximum Gasteiger partial charge on any atom is 0.429 e. The molecule has 2 unspecified atom stereocenters. The van der Waals surface area contributed by atoms with E-state index in [2.05, 4.69) is 4.90 Å². The van der Waals surface area contributed by atoms with E-state index < -0.39 is 12.2 Å². The minimum Gasteiger partial charge on any atom is -0.495 e. The Bertz CT molecular complexity index is 1120. The van der Waals surface area contributed by atoms with E-state index in [1.807, 2.05) is 84.9 Å². The molecule has 5 rings (SSSR count). The molecule has 2 aliphatic heterocycles. The summed E-state index contributed by atoms with van der Waals surface area (Å²) in [5.41, 5.74) is 2.68. The van der Waals surface area contributed by atoms with E-state index in [4.69, 9.17) is 14.2 Å². The van der Waals surface area contributed by atoms with Crippen LogP contribution in [0.3, 0.4) is 0 Å². The third-order valence-corrected chi connectivity index (χ3v) is 6.54. The van der Waals surface area contributed by atoms with E-state index in [0.717, 1.165) is 22.6 Å². The molecule has 2 fully saturated rings. The lowest BCUT2D eigenvalue weighted by Crippen LogP contribution is -2.50. The van der Waals surface area contributed by atoms with Crippen LogP contribution >= 0.6 is 0 Å². The molecule has 0 N–H and O–H groups in total. The summed E-state index contributed by atoms with van der Waals surface area (Å²) in [7, 11) is 1.64. The van der Waals surface area contributed by atoms with Crippen LogP contribution in [0.2, 0.25) is 0 Å². The topological polar surface area (TPSA) is 71.6 Å². The molecule has 2 aliphatic rings. The predicted molar refractivity (Wildman–Crippen MR) is 134 cm³/mol. The van der Waals surface area contributed by atoms with Crippen molar-refractivity contribution in [1.29, 1.82) is 0 Å². The molecular weight excluding hydrogens is 458 g/mol. The van der Waals surface area contributed by atoms with Gasteiger partial charge in [0.05, 0.1) is 24.9 Å². The number of amides is 2. The first kappa shape index (κ1) is 23.5. The maximum absolute atomic E-state index is 13.3. The monoisotopic (exact) mass is 487 g/mol. The molecule has 2 saturated heterocycles. The number of fused-ring (bicyclic) bond motifs is 2. The van der Waals surface area contributed by atoms with Crippen molar-refractivity contribution >= 4 is 17.9 Å². The predicted octanol–water partition coefficient (Wildman–Crippen LogP) is 4.85. The molecule has 0 saturated carbocycles. The largest absolute Gasteiger partial charge is 0.495 e. The molecule has 0 aliphatic carbocycles. The number of carbonyl (C=O) groups excluding carboxylic acids is 2. The van der Waals surface area contributed by atoms with Crippen LogP contribution in [0, 0.1) is 0 Å². The molecule has 2 heterocycles. The van der Waals surface area contributed by atoms with Gasteiger partial charge in [-0.15, -0.1) is 0 Å². The van der Waals surface area contributed by atoms with Crippen LogP contribution in [-0.4, -0.2) is 54.5 Å². The summed E-state index contributed by atoms with van der Waals surface area (Å²) in [5, 5.41) is 2.88. The molecule has 2 amide bonds. The number of piperidine rings is 1. The van der Waals surface area contributed by atoms with E-state index in [0.29, 0.717) is 19.5 Å². The van der Waals surface area contributed by atoms with Crippen molar-refractivity contribution in [2.45, 2.75) is 31.7 Å². The molecule has 3 aromatic rings. The number of hydrogen-bond donors (Lipinski definition) is 0. The van der Waals surface area contributed by atoms with Gasteiger partial charge in [0.15, 0.2) is 0 Å². The zero-order valence-corrected chi connectivity index (χ0v) is 20.2. The van der Waals surface area contributed by atoms with E-state index in [1.165, 1.54) is 10.0 Å². The first-order chi connectivity index (χ1) is 17.6. The number of anilines is 1. The number of benzene rings is 3. The normalized spacial score (nSPS) is 18.6. The van der Waals surface area contributed by atoms with Crippen molar-refractivity contribution < 1.29 is 23.8 Å². The molecule has 8 heteroatoms. The summed E-state index contributed by atoms with van der Waals surface area (Å²) < 4.78 is 16.8. The summed E-state index contributed by atoms with van der Waals surface area (Å²) in [6, 6.07) is 26.2. The van der Waals surface area contributed by atoms with Crippen LogP contribution in [0.1, 0.15) is 17.5 Å². The zero-order valence-electron chi connectivity index (χ0n) is 20.2. The highest BCUT2D eigenvalue weighted by Crippen LogP contribution is 2.37. The number of para-hydroxylation sites is 2. The summed E-state index contributed by atoms with van der Waals surface area (Å²) in [4.78, 5) is 28.8. The fourth-order valence-corrected chi connectivity index (χ4v) is 4.89. The van der Waals surface area contributed by atoms with E-state index >= 15 is 0 Å². The van der Waals surface area contributed by atoms with Gasteiger partial charge in [-0.1, -0.05) is 72.8 Å². The summed E-state index contributed by atoms with van der Waals surface area (Å²) in [6.45, 7) is 1.33. The van der Waals surface area contributed by atoms with Crippen molar-refractivity contribution in [3.05, 3.63) is 96.1 Å². The van der Waals surface area contributed by atoms with E-state index in [-0.39, 0.29) is 25.3 Å². The van der Waals surface area contributed by atoms with Crippen LogP contribution in [-0.2, 0) is 22.7 Å². The first-order valence-corrected chi connectivity index (χ1v) is 12.0. The number of nitrogens with zero attached hydrogens (tertiary/aromatic N) is 3. The van der Waals surface area contributed by atoms with Gasteiger partial charge >= 0.3 is 12.2 Å².